The highest BCUT2D eigenvalue weighted by atomic mass is 32.2. The Hall–Kier alpha value is -1.78. The van der Waals surface area contributed by atoms with Crippen LogP contribution in [0.1, 0.15) is 6.42 Å². The van der Waals surface area contributed by atoms with Crippen LogP contribution in [0.3, 0.4) is 0 Å². The van der Waals surface area contributed by atoms with E-state index in [9.17, 15) is 22.9 Å². The molecular weight excluding hydrogens is 317 g/mol. The molecule has 3 rings (SSSR count). The van der Waals surface area contributed by atoms with Crippen molar-refractivity contribution in [3.63, 3.8) is 0 Å². The molecule has 0 amide bonds. The van der Waals surface area contributed by atoms with Crippen molar-refractivity contribution in [2.45, 2.75) is 18.6 Å². The van der Waals surface area contributed by atoms with Gasteiger partial charge in [0.1, 0.15) is 17.7 Å². The molecule has 22 heavy (non-hydrogen) atoms. The second-order valence-corrected chi connectivity index (χ2v) is 7.30. The molecule has 0 N–H and O–H groups in total. The number of nitro groups is 1. The van der Waals surface area contributed by atoms with E-state index in [-0.39, 0.29) is 18.3 Å². The summed E-state index contributed by atoms with van der Waals surface area (Å²) in [6.45, 7) is 0.601. The first kappa shape index (κ1) is 15.1. The Morgan fingerprint density at radius 1 is 1.41 bits per heavy atom. The summed E-state index contributed by atoms with van der Waals surface area (Å²) in [5, 5.41) is 10.7. The number of likely N-dealkylation sites (N-methyl/N-ethyl adjacent to an activating group) is 1. The Morgan fingerprint density at radius 2 is 2.14 bits per heavy atom. The number of nitrogens with zero attached hydrogens (tertiary/aromatic N) is 3. The second-order valence-electron chi connectivity index (χ2n) is 5.31. The van der Waals surface area contributed by atoms with Gasteiger partial charge in [0.05, 0.1) is 23.1 Å². The lowest BCUT2D eigenvalue weighted by Gasteiger charge is -2.19. The normalized spacial score (nSPS) is 27.7. The Morgan fingerprint density at radius 3 is 2.82 bits per heavy atom. The molecule has 0 spiro atoms. The van der Waals surface area contributed by atoms with Crippen LogP contribution < -0.4 is 4.74 Å². The zero-order valence-electron chi connectivity index (χ0n) is 11.7. The number of rotatable bonds is 3. The first-order valence-electron chi connectivity index (χ1n) is 6.64. The second kappa shape index (κ2) is 5.14. The van der Waals surface area contributed by atoms with Crippen LogP contribution >= 0.6 is 0 Å². The molecule has 0 radical (unpaired) electrons. The molecule has 2 heterocycles. The highest BCUT2D eigenvalue weighted by molar-refractivity contribution is 7.87. The molecule has 2 aliphatic rings. The maximum atomic E-state index is 13.4. The molecule has 2 saturated heterocycles. The minimum absolute atomic E-state index is 0.0329. The van der Waals surface area contributed by atoms with Crippen molar-refractivity contribution < 1.29 is 22.5 Å². The van der Waals surface area contributed by atoms with E-state index in [1.807, 2.05) is 0 Å². The van der Waals surface area contributed by atoms with Crippen LogP contribution in [-0.4, -0.2) is 54.2 Å². The zero-order valence-corrected chi connectivity index (χ0v) is 12.5. The predicted molar refractivity (Wildman–Crippen MR) is 74.1 cm³/mol. The number of ether oxygens (including phenoxy) is 1. The van der Waals surface area contributed by atoms with Crippen molar-refractivity contribution in [2.24, 2.45) is 0 Å². The van der Waals surface area contributed by atoms with Gasteiger partial charge in [-0.1, -0.05) is 0 Å². The van der Waals surface area contributed by atoms with Gasteiger partial charge in [-0.2, -0.15) is 17.0 Å². The van der Waals surface area contributed by atoms with Gasteiger partial charge in [0.2, 0.25) is 0 Å². The number of non-ortho nitro benzene ring substituents is 1. The van der Waals surface area contributed by atoms with Gasteiger partial charge in [-0.15, -0.1) is 0 Å². The molecule has 0 saturated carbocycles. The van der Waals surface area contributed by atoms with Crippen LogP contribution in [0.2, 0.25) is 0 Å². The summed E-state index contributed by atoms with van der Waals surface area (Å²) in [5.74, 6) is -0.735. The summed E-state index contributed by atoms with van der Waals surface area (Å²) in [6, 6.07) is 2.64. The first-order chi connectivity index (χ1) is 10.3. The maximum Gasteiger partial charge on any atom is 0.282 e. The molecule has 8 nitrogen and oxygen atoms in total. The van der Waals surface area contributed by atoms with Crippen molar-refractivity contribution in [3.8, 4) is 5.75 Å². The van der Waals surface area contributed by atoms with Crippen LogP contribution in [-0.2, 0) is 10.2 Å². The zero-order chi connectivity index (χ0) is 16.1. The van der Waals surface area contributed by atoms with E-state index < -0.39 is 32.7 Å². The van der Waals surface area contributed by atoms with E-state index in [4.69, 9.17) is 4.74 Å². The molecule has 0 aromatic heterocycles. The predicted octanol–water partition coefficient (Wildman–Crippen LogP) is 0.746. The van der Waals surface area contributed by atoms with Crippen molar-refractivity contribution in [1.29, 1.82) is 0 Å². The molecule has 120 valence electrons. The molecule has 10 heteroatoms. The van der Waals surface area contributed by atoms with Gasteiger partial charge in [-0.05, 0) is 6.42 Å². The van der Waals surface area contributed by atoms with Crippen molar-refractivity contribution in [1.82, 2.24) is 8.61 Å². The third-order valence-corrected chi connectivity index (χ3v) is 5.90. The van der Waals surface area contributed by atoms with Crippen molar-refractivity contribution in [3.05, 3.63) is 34.1 Å². The number of nitro benzene ring substituents is 1. The number of halogens is 1. The Kier molecular flexibility index (Phi) is 3.54. The molecule has 2 atom stereocenters. The van der Waals surface area contributed by atoms with Gasteiger partial charge in [0.15, 0.2) is 0 Å². The van der Waals surface area contributed by atoms with Gasteiger partial charge in [0.25, 0.3) is 15.9 Å². The fourth-order valence-electron chi connectivity index (χ4n) is 2.86. The number of fused-ring (bicyclic) bond motifs is 1. The molecule has 1 aromatic carbocycles. The van der Waals surface area contributed by atoms with Crippen molar-refractivity contribution >= 4 is 15.9 Å². The molecule has 2 fully saturated rings. The third-order valence-electron chi connectivity index (χ3n) is 3.92. The average Bonchev–Trinajstić information content (AvgIpc) is 2.90. The first-order valence-corrected chi connectivity index (χ1v) is 8.03. The Balaban J connectivity index is 1.82. The lowest BCUT2D eigenvalue weighted by molar-refractivity contribution is -0.385. The van der Waals surface area contributed by atoms with E-state index >= 15 is 0 Å². The summed E-state index contributed by atoms with van der Waals surface area (Å²) in [7, 11) is -1.97. The van der Waals surface area contributed by atoms with Crippen LogP contribution in [0.5, 0.6) is 5.75 Å². The lowest BCUT2D eigenvalue weighted by atomic mass is 10.1. The third kappa shape index (κ3) is 2.42. The number of hydrogen-bond donors (Lipinski definition) is 0. The van der Waals surface area contributed by atoms with Gasteiger partial charge >= 0.3 is 0 Å². The van der Waals surface area contributed by atoms with Crippen LogP contribution in [0.4, 0.5) is 10.1 Å². The fourth-order valence-corrected chi connectivity index (χ4v) is 4.44. The lowest BCUT2D eigenvalue weighted by Crippen LogP contribution is -2.35. The summed E-state index contributed by atoms with van der Waals surface area (Å²) >= 11 is 0. The minimum Gasteiger partial charge on any atom is -0.488 e. The van der Waals surface area contributed by atoms with Crippen LogP contribution in [0.15, 0.2) is 18.2 Å². The molecule has 1 aromatic rings. The topological polar surface area (TPSA) is 93.0 Å². The van der Waals surface area contributed by atoms with E-state index in [0.717, 1.165) is 18.2 Å². The summed E-state index contributed by atoms with van der Waals surface area (Å²) in [5.41, 5.74) is -0.402. The standard InChI is InChI=1S/C12H14FN3O5S/c1-14-7-11-12(2-3-15(11)22(14,19)20)21-10-5-8(13)4-9(6-10)16(17)18/h4-6,11-12H,2-3,7H2,1H3/t11-,12+/m1/s1. The Labute approximate surface area is 126 Å². The fraction of sp³-hybridized carbons (Fsp3) is 0.500. The summed E-state index contributed by atoms with van der Waals surface area (Å²) < 4.78 is 45.7. The van der Waals surface area contributed by atoms with E-state index in [0.29, 0.717) is 13.0 Å². The molecule has 0 bridgehead atoms. The van der Waals surface area contributed by atoms with Crippen LogP contribution in [0, 0.1) is 15.9 Å². The minimum atomic E-state index is -3.45. The molecule has 0 unspecified atom stereocenters. The SMILES string of the molecule is CN1C[C@@H]2[C@@H](Oc3cc(F)cc([N+](=O)[O-])c3)CCN2S1(=O)=O. The van der Waals surface area contributed by atoms with Gasteiger partial charge in [-0.3, -0.25) is 10.1 Å². The quantitative estimate of drug-likeness (QED) is 0.602. The van der Waals surface area contributed by atoms with E-state index in [1.54, 1.807) is 0 Å². The monoisotopic (exact) mass is 331 g/mol. The smallest absolute Gasteiger partial charge is 0.282 e. The maximum absolute atomic E-state index is 13.4. The highest BCUT2D eigenvalue weighted by Gasteiger charge is 2.50. The van der Waals surface area contributed by atoms with Gasteiger partial charge in [-0.25, -0.2) is 4.39 Å². The van der Waals surface area contributed by atoms with E-state index in [2.05, 4.69) is 0 Å². The Bertz CT molecular complexity index is 725. The van der Waals surface area contributed by atoms with E-state index in [1.165, 1.54) is 15.7 Å². The van der Waals surface area contributed by atoms with Gasteiger partial charge < -0.3 is 4.74 Å². The molecule has 2 aliphatic heterocycles. The van der Waals surface area contributed by atoms with Crippen molar-refractivity contribution in [2.75, 3.05) is 20.1 Å². The average molecular weight is 331 g/mol. The highest BCUT2D eigenvalue weighted by Crippen LogP contribution is 2.33. The van der Waals surface area contributed by atoms with Crippen LogP contribution in [0.25, 0.3) is 0 Å². The summed E-state index contributed by atoms with van der Waals surface area (Å²) in [4.78, 5) is 10.0. The number of benzene rings is 1. The molecule has 0 aliphatic carbocycles. The van der Waals surface area contributed by atoms with Gasteiger partial charge in [0, 0.05) is 26.2 Å². The largest absolute Gasteiger partial charge is 0.488 e. The number of hydrogen-bond acceptors (Lipinski definition) is 5. The summed E-state index contributed by atoms with van der Waals surface area (Å²) in [6.07, 6.45) is 0.00308. The molecular formula is C12H14FN3O5S.